The predicted octanol–water partition coefficient (Wildman–Crippen LogP) is 3.40. The van der Waals surface area contributed by atoms with Gasteiger partial charge >= 0.3 is 0 Å². The van der Waals surface area contributed by atoms with E-state index in [1.807, 2.05) is 45.0 Å². The number of nitrogens with one attached hydrogen (secondary N) is 2. The lowest BCUT2D eigenvalue weighted by Crippen LogP contribution is -2.22. The molecule has 0 aliphatic carbocycles. The molecule has 0 bridgehead atoms. The number of carbonyl (C=O) groups is 1. The van der Waals surface area contributed by atoms with E-state index in [-0.39, 0.29) is 11.2 Å². The maximum absolute atomic E-state index is 12.2. The van der Waals surface area contributed by atoms with Crippen molar-refractivity contribution in [2.24, 2.45) is 0 Å². The smallest absolute Gasteiger partial charge is 0.237 e. The molecule has 21 heavy (non-hydrogen) atoms. The van der Waals surface area contributed by atoms with Gasteiger partial charge in [-0.3, -0.25) is 4.79 Å². The van der Waals surface area contributed by atoms with Gasteiger partial charge in [0.15, 0.2) is 4.34 Å². The third-order valence-corrected chi connectivity index (χ3v) is 4.73. The van der Waals surface area contributed by atoms with E-state index in [0.29, 0.717) is 0 Å². The summed E-state index contributed by atoms with van der Waals surface area (Å²) in [6.45, 7) is 6.68. The van der Waals surface area contributed by atoms with E-state index in [2.05, 4.69) is 20.8 Å². The number of thioether (sulfide) groups is 1. The zero-order chi connectivity index (χ0) is 15.2. The Bertz CT molecular complexity index is 615. The Morgan fingerprint density at radius 1 is 1.43 bits per heavy atom. The molecule has 2 aromatic rings. The molecule has 0 aliphatic heterocycles. The average Bonchev–Trinajstić information content (AvgIpc) is 2.86. The fraction of sp³-hybridized carbons (Fsp3) is 0.357. The highest BCUT2D eigenvalue weighted by atomic mass is 32.2. The lowest BCUT2D eigenvalue weighted by molar-refractivity contribution is -0.115. The standard InChI is InChI=1S/C14H18N4OS2/c1-4-15-13-17-18-14(21-13)20-10(3)12(19)16-11-7-5-6-9(2)8-11/h5-8,10H,4H2,1-3H3,(H,15,17)(H,16,19)/t10-/m0/s1. The first-order valence-electron chi connectivity index (χ1n) is 6.70. The van der Waals surface area contributed by atoms with E-state index in [0.717, 1.165) is 27.3 Å². The maximum Gasteiger partial charge on any atom is 0.237 e. The van der Waals surface area contributed by atoms with E-state index in [4.69, 9.17) is 0 Å². The van der Waals surface area contributed by atoms with Crippen molar-refractivity contribution in [2.45, 2.75) is 30.4 Å². The van der Waals surface area contributed by atoms with Crippen molar-refractivity contribution in [3.8, 4) is 0 Å². The van der Waals surface area contributed by atoms with E-state index < -0.39 is 0 Å². The highest BCUT2D eigenvalue weighted by Crippen LogP contribution is 2.29. The number of nitrogens with zero attached hydrogens (tertiary/aromatic N) is 2. The van der Waals surface area contributed by atoms with Gasteiger partial charge in [0.2, 0.25) is 11.0 Å². The monoisotopic (exact) mass is 322 g/mol. The molecule has 2 rings (SSSR count). The molecular weight excluding hydrogens is 304 g/mol. The SMILES string of the molecule is CCNc1nnc(S[C@@H](C)C(=O)Nc2cccc(C)c2)s1. The van der Waals surface area contributed by atoms with Gasteiger partial charge in [-0.15, -0.1) is 10.2 Å². The first-order chi connectivity index (χ1) is 10.1. The Labute approximate surface area is 132 Å². The normalized spacial score (nSPS) is 12.0. The van der Waals surface area contributed by atoms with Gasteiger partial charge in [-0.25, -0.2) is 0 Å². The van der Waals surface area contributed by atoms with Crippen LogP contribution in [0.4, 0.5) is 10.8 Å². The molecule has 7 heteroatoms. The lowest BCUT2D eigenvalue weighted by atomic mass is 10.2. The molecule has 0 saturated heterocycles. The minimum atomic E-state index is -0.229. The molecule has 112 valence electrons. The summed E-state index contributed by atoms with van der Waals surface area (Å²) in [5.74, 6) is -0.0363. The van der Waals surface area contributed by atoms with Gasteiger partial charge in [0, 0.05) is 12.2 Å². The second-order valence-corrected chi connectivity index (χ2v) is 7.09. The van der Waals surface area contributed by atoms with E-state index in [1.165, 1.54) is 23.1 Å². The van der Waals surface area contributed by atoms with Crippen LogP contribution in [0.3, 0.4) is 0 Å². The van der Waals surface area contributed by atoms with Gasteiger partial charge in [0.05, 0.1) is 5.25 Å². The molecule has 0 unspecified atom stereocenters. The van der Waals surface area contributed by atoms with Gasteiger partial charge in [0.1, 0.15) is 0 Å². The number of hydrogen-bond acceptors (Lipinski definition) is 6. The van der Waals surface area contributed by atoms with Crippen LogP contribution in [0, 0.1) is 6.92 Å². The van der Waals surface area contributed by atoms with Crippen molar-refractivity contribution in [3.05, 3.63) is 29.8 Å². The molecule has 2 N–H and O–H groups in total. The highest BCUT2D eigenvalue weighted by Gasteiger charge is 2.17. The highest BCUT2D eigenvalue weighted by molar-refractivity contribution is 8.02. The first kappa shape index (κ1) is 15.8. The summed E-state index contributed by atoms with van der Waals surface area (Å²) in [6, 6.07) is 7.76. The molecule has 5 nitrogen and oxygen atoms in total. The number of benzene rings is 1. The molecule has 0 fully saturated rings. The topological polar surface area (TPSA) is 66.9 Å². The van der Waals surface area contributed by atoms with Crippen molar-refractivity contribution in [1.29, 1.82) is 0 Å². The van der Waals surface area contributed by atoms with Crippen molar-refractivity contribution < 1.29 is 4.79 Å². The fourth-order valence-corrected chi connectivity index (χ4v) is 3.62. The minimum absolute atomic E-state index is 0.0363. The molecule has 1 heterocycles. The van der Waals surface area contributed by atoms with E-state index in [1.54, 1.807) is 0 Å². The summed E-state index contributed by atoms with van der Waals surface area (Å²) in [6.07, 6.45) is 0. The van der Waals surface area contributed by atoms with Crippen LogP contribution in [-0.4, -0.2) is 27.9 Å². The van der Waals surface area contributed by atoms with Crippen LogP contribution in [0.2, 0.25) is 0 Å². The van der Waals surface area contributed by atoms with Gasteiger partial charge < -0.3 is 10.6 Å². The molecule has 1 atom stereocenters. The quantitative estimate of drug-likeness (QED) is 0.798. The zero-order valence-corrected chi connectivity index (χ0v) is 13.8. The number of aryl methyl sites for hydroxylation is 1. The molecule has 0 saturated carbocycles. The van der Waals surface area contributed by atoms with Crippen LogP contribution >= 0.6 is 23.1 Å². The Hall–Kier alpha value is -1.60. The Kier molecular flexibility index (Phi) is 5.58. The molecular formula is C14H18N4OS2. The van der Waals surface area contributed by atoms with Crippen LogP contribution in [0.25, 0.3) is 0 Å². The third kappa shape index (κ3) is 4.71. The minimum Gasteiger partial charge on any atom is -0.360 e. The molecule has 1 aromatic heterocycles. The van der Waals surface area contributed by atoms with Crippen LogP contribution in [-0.2, 0) is 4.79 Å². The summed E-state index contributed by atoms with van der Waals surface area (Å²) in [7, 11) is 0. The van der Waals surface area contributed by atoms with Crippen molar-refractivity contribution in [3.63, 3.8) is 0 Å². The van der Waals surface area contributed by atoms with Crippen molar-refractivity contribution in [2.75, 3.05) is 17.2 Å². The van der Waals surface area contributed by atoms with Crippen LogP contribution in [0.1, 0.15) is 19.4 Å². The summed E-state index contributed by atoms with van der Waals surface area (Å²) < 4.78 is 0.790. The van der Waals surface area contributed by atoms with Crippen molar-refractivity contribution >= 4 is 39.8 Å². The van der Waals surface area contributed by atoms with Crippen molar-refractivity contribution in [1.82, 2.24) is 10.2 Å². The second kappa shape index (κ2) is 7.42. The third-order valence-electron chi connectivity index (χ3n) is 2.67. The number of aromatic nitrogens is 2. The number of rotatable bonds is 6. The lowest BCUT2D eigenvalue weighted by Gasteiger charge is -2.10. The molecule has 1 amide bonds. The summed E-state index contributed by atoms with van der Waals surface area (Å²) in [4.78, 5) is 12.2. The Morgan fingerprint density at radius 2 is 2.24 bits per heavy atom. The first-order valence-corrected chi connectivity index (χ1v) is 8.39. The van der Waals surface area contributed by atoms with Crippen LogP contribution in [0.15, 0.2) is 28.6 Å². The maximum atomic E-state index is 12.2. The van der Waals surface area contributed by atoms with Gasteiger partial charge in [0.25, 0.3) is 0 Å². The largest absolute Gasteiger partial charge is 0.360 e. The van der Waals surface area contributed by atoms with E-state index in [9.17, 15) is 4.79 Å². The average molecular weight is 322 g/mol. The van der Waals surface area contributed by atoms with Crippen LogP contribution in [0.5, 0.6) is 0 Å². The van der Waals surface area contributed by atoms with Crippen LogP contribution < -0.4 is 10.6 Å². The van der Waals surface area contributed by atoms with E-state index >= 15 is 0 Å². The van der Waals surface area contributed by atoms with Gasteiger partial charge in [-0.05, 0) is 38.5 Å². The summed E-state index contributed by atoms with van der Waals surface area (Å²) in [5, 5.41) is 14.7. The molecule has 1 aromatic carbocycles. The molecule has 0 aliphatic rings. The number of amides is 1. The fourth-order valence-electron chi connectivity index (χ4n) is 1.65. The Balaban J connectivity index is 1.92. The van der Waals surface area contributed by atoms with Gasteiger partial charge in [-0.1, -0.05) is 35.2 Å². The number of hydrogen-bond donors (Lipinski definition) is 2. The van der Waals surface area contributed by atoms with Gasteiger partial charge in [-0.2, -0.15) is 0 Å². The number of anilines is 2. The summed E-state index contributed by atoms with van der Waals surface area (Å²) >= 11 is 2.88. The predicted molar refractivity (Wildman–Crippen MR) is 89.2 cm³/mol. The Morgan fingerprint density at radius 3 is 2.95 bits per heavy atom. The number of carbonyl (C=O) groups excluding carboxylic acids is 1. The molecule has 0 radical (unpaired) electrons. The molecule has 0 spiro atoms. The zero-order valence-electron chi connectivity index (χ0n) is 12.2. The second-order valence-electron chi connectivity index (χ2n) is 4.52. The summed E-state index contributed by atoms with van der Waals surface area (Å²) in [5.41, 5.74) is 1.94.